The van der Waals surface area contributed by atoms with Gasteiger partial charge in [-0.3, -0.25) is 4.79 Å². The molecule has 3 heterocycles. The third kappa shape index (κ3) is 3.89. The van der Waals surface area contributed by atoms with E-state index < -0.39 is 0 Å². The lowest BCUT2D eigenvalue weighted by atomic mass is 10.2. The summed E-state index contributed by atoms with van der Waals surface area (Å²) in [5.41, 5.74) is 2.03. The Kier molecular flexibility index (Phi) is 4.90. The zero-order chi connectivity index (χ0) is 20.7. The number of benzene rings is 1. The monoisotopic (exact) mass is 426 g/mol. The minimum absolute atomic E-state index is 0.0628. The second-order valence-electron chi connectivity index (χ2n) is 7.73. The Balaban J connectivity index is 1.33. The summed E-state index contributed by atoms with van der Waals surface area (Å²) in [7, 11) is 0. The summed E-state index contributed by atoms with van der Waals surface area (Å²) in [6.45, 7) is 4.03. The Bertz CT molecular complexity index is 1090. The van der Waals surface area contributed by atoms with E-state index in [1.54, 1.807) is 29.2 Å². The maximum Gasteiger partial charge on any atom is 0.229 e. The molecule has 2 N–H and O–H groups in total. The number of hydrogen-bond acceptors (Lipinski definition) is 7. The molecule has 5 rings (SSSR count). The van der Waals surface area contributed by atoms with E-state index in [-0.39, 0.29) is 11.7 Å². The second kappa shape index (κ2) is 7.71. The highest BCUT2D eigenvalue weighted by atomic mass is 32.1. The molecule has 1 saturated heterocycles. The van der Waals surface area contributed by atoms with Crippen molar-refractivity contribution in [2.75, 3.05) is 41.7 Å². The number of fused-ring (bicyclic) bond motifs is 1. The molecule has 3 aromatic rings. The number of amides is 1. The van der Waals surface area contributed by atoms with E-state index in [1.807, 2.05) is 22.4 Å². The van der Waals surface area contributed by atoms with Crippen LogP contribution in [0, 0.1) is 5.82 Å². The second-order valence-corrected chi connectivity index (χ2v) is 8.65. The molecule has 1 saturated carbocycles. The minimum Gasteiger partial charge on any atom is -0.366 e. The van der Waals surface area contributed by atoms with Crippen molar-refractivity contribution in [2.24, 2.45) is 0 Å². The molecule has 0 spiro atoms. The Morgan fingerprint density at radius 1 is 1.17 bits per heavy atom. The number of carbonyl (C=O) groups is 1. The van der Waals surface area contributed by atoms with Crippen molar-refractivity contribution in [3.8, 4) is 0 Å². The molecule has 0 unspecified atom stereocenters. The van der Waals surface area contributed by atoms with E-state index in [0.717, 1.165) is 28.9 Å². The lowest BCUT2D eigenvalue weighted by Crippen LogP contribution is -2.48. The van der Waals surface area contributed by atoms with Crippen molar-refractivity contribution in [2.45, 2.75) is 25.8 Å². The third-order valence-electron chi connectivity index (χ3n) is 5.49. The number of hydrogen-bond donors (Lipinski definition) is 2. The van der Waals surface area contributed by atoms with E-state index >= 15 is 0 Å². The van der Waals surface area contributed by atoms with Crippen molar-refractivity contribution in [3.63, 3.8) is 0 Å². The van der Waals surface area contributed by atoms with Crippen LogP contribution in [0.2, 0.25) is 0 Å². The van der Waals surface area contributed by atoms with E-state index in [0.29, 0.717) is 49.5 Å². The molecule has 0 radical (unpaired) electrons. The van der Waals surface area contributed by atoms with Gasteiger partial charge in [0, 0.05) is 44.8 Å². The van der Waals surface area contributed by atoms with Gasteiger partial charge in [0.1, 0.15) is 11.6 Å². The van der Waals surface area contributed by atoms with Crippen LogP contribution in [0.4, 0.5) is 27.5 Å². The first-order valence-electron chi connectivity index (χ1n) is 10.2. The van der Waals surface area contributed by atoms with E-state index in [1.165, 1.54) is 6.07 Å². The quantitative estimate of drug-likeness (QED) is 0.646. The fraction of sp³-hybridized carbons (Fsp3) is 0.381. The topological polar surface area (TPSA) is 73.4 Å². The van der Waals surface area contributed by atoms with Crippen molar-refractivity contribution in [1.29, 1.82) is 0 Å². The standard InChI is InChI=1S/C21H23FN6OS/c1-13(29)27-7-9-28(10-8-27)18-5-4-15(12-16(18)22)24-21-25-17-6-11-30-19(17)20(26-21)23-14-2-3-14/h4-6,11-12,14H,2-3,7-10H2,1H3,(H2,23,24,25,26). The molecule has 2 aromatic heterocycles. The van der Waals surface area contributed by atoms with Gasteiger partial charge in [0.15, 0.2) is 0 Å². The van der Waals surface area contributed by atoms with Crippen molar-refractivity contribution in [1.82, 2.24) is 14.9 Å². The fourth-order valence-corrected chi connectivity index (χ4v) is 4.45. The number of thiophene rings is 1. The van der Waals surface area contributed by atoms with Gasteiger partial charge in [-0.25, -0.2) is 9.37 Å². The molecule has 2 aliphatic rings. The molecule has 7 nitrogen and oxygen atoms in total. The summed E-state index contributed by atoms with van der Waals surface area (Å²) in [6, 6.07) is 7.54. The van der Waals surface area contributed by atoms with Crippen LogP contribution in [0.5, 0.6) is 0 Å². The minimum atomic E-state index is -0.302. The average Bonchev–Trinajstić information content (AvgIpc) is 3.41. The van der Waals surface area contributed by atoms with E-state index in [9.17, 15) is 9.18 Å². The van der Waals surface area contributed by atoms with Crippen LogP contribution >= 0.6 is 11.3 Å². The van der Waals surface area contributed by atoms with Gasteiger partial charge in [-0.05, 0) is 42.5 Å². The smallest absolute Gasteiger partial charge is 0.229 e. The molecular formula is C21H23FN6OS. The largest absolute Gasteiger partial charge is 0.366 e. The van der Waals surface area contributed by atoms with Crippen LogP contribution in [0.1, 0.15) is 19.8 Å². The maximum atomic E-state index is 14.8. The Morgan fingerprint density at radius 2 is 1.97 bits per heavy atom. The van der Waals surface area contributed by atoms with Crippen LogP contribution < -0.4 is 15.5 Å². The molecule has 1 aliphatic carbocycles. The van der Waals surface area contributed by atoms with Crippen LogP contribution in [0.3, 0.4) is 0 Å². The SMILES string of the molecule is CC(=O)N1CCN(c2ccc(Nc3nc(NC4CC4)c4sccc4n3)cc2F)CC1. The summed E-state index contributed by atoms with van der Waals surface area (Å²) in [6.07, 6.45) is 2.32. The molecule has 0 bridgehead atoms. The highest BCUT2D eigenvalue weighted by Gasteiger charge is 2.24. The molecule has 1 amide bonds. The van der Waals surface area contributed by atoms with Gasteiger partial charge in [-0.1, -0.05) is 0 Å². The van der Waals surface area contributed by atoms with E-state index in [2.05, 4.69) is 20.6 Å². The number of anilines is 4. The third-order valence-corrected chi connectivity index (χ3v) is 6.40. The number of rotatable bonds is 5. The molecule has 30 heavy (non-hydrogen) atoms. The number of piperazine rings is 1. The lowest BCUT2D eigenvalue weighted by Gasteiger charge is -2.35. The van der Waals surface area contributed by atoms with Crippen LogP contribution in [-0.4, -0.2) is 53.0 Å². The zero-order valence-corrected chi connectivity index (χ0v) is 17.5. The average molecular weight is 427 g/mol. The van der Waals surface area contributed by atoms with Gasteiger partial charge in [0.25, 0.3) is 0 Å². The molecular weight excluding hydrogens is 403 g/mol. The van der Waals surface area contributed by atoms with E-state index in [4.69, 9.17) is 0 Å². The fourth-order valence-electron chi connectivity index (χ4n) is 3.67. The van der Waals surface area contributed by atoms with Crippen molar-refractivity contribution < 1.29 is 9.18 Å². The van der Waals surface area contributed by atoms with Crippen LogP contribution in [-0.2, 0) is 4.79 Å². The van der Waals surface area contributed by atoms with Gasteiger partial charge in [-0.2, -0.15) is 4.98 Å². The number of nitrogens with one attached hydrogen (secondary N) is 2. The first-order valence-corrected chi connectivity index (χ1v) is 11.0. The molecule has 9 heteroatoms. The summed E-state index contributed by atoms with van der Waals surface area (Å²) in [4.78, 5) is 24.4. The van der Waals surface area contributed by atoms with Crippen LogP contribution in [0.15, 0.2) is 29.6 Å². The van der Waals surface area contributed by atoms with Gasteiger partial charge >= 0.3 is 0 Å². The van der Waals surface area contributed by atoms with Gasteiger partial charge in [0.05, 0.1) is 15.9 Å². The Hall–Kier alpha value is -2.94. The number of aromatic nitrogens is 2. The molecule has 156 valence electrons. The van der Waals surface area contributed by atoms with Crippen molar-refractivity contribution in [3.05, 3.63) is 35.5 Å². The van der Waals surface area contributed by atoms with Gasteiger partial charge < -0.3 is 20.4 Å². The Labute approximate surface area is 177 Å². The summed E-state index contributed by atoms with van der Waals surface area (Å²) in [5.74, 6) is 1.05. The lowest BCUT2D eigenvalue weighted by molar-refractivity contribution is -0.129. The zero-order valence-electron chi connectivity index (χ0n) is 16.7. The number of halogens is 1. The highest BCUT2D eigenvalue weighted by Crippen LogP contribution is 2.33. The number of carbonyl (C=O) groups excluding carboxylic acids is 1. The molecule has 1 aromatic carbocycles. The first-order chi connectivity index (χ1) is 14.6. The molecule has 2 fully saturated rings. The molecule has 1 aliphatic heterocycles. The van der Waals surface area contributed by atoms with Crippen molar-refractivity contribution >= 4 is 50.6 Å². The number of nitrogens with zero attached hydrogens (tertiary/aromatic N) is 4. The normalized spacial score (nSPS) is 16.7. The first kappa shape index (κ1) is 19.0. The summed E-state index contributed by atoms with van der Waals surface area (Å²) < 4.78 is 15.9. The highest BCUT2D eigenvalue weighted by molar-refractivity contribution is 7.17. The maximum absolute atomic E-state index is 14.8. The predicted molar refractivity (Wildman–Crippen MR) is 118 cm³/mol. The van der Waals surface area contributed by atoms with Gasteiger partial charge in [-0.15, -0.1) is 11.3 Å². The summed E-state index contributed by atoms with van der Waals surface area (Å²) >= 11 is 1.62. The Morgan fingerprint density at radius 3 is 2.67 bits per heavy atom. The van der Waals surface area contributed by atoms with Gasteiger partial charge in [0.2, 0.25) is 11.9 Å². The predicted octanol–water partition coefficient (Wildman–Crippen LogP) is 3.82. The summed E-state index contributed by atoms with van der Waals surface area (Å²) in [5, 5.41) is 8.60. The molecule has 0 atom stereocenters. The van der Waals surface area contributed by atoms with Crippen LogP contribution in [0.25, 0.3) is 10.2 Å².